The van der Waals surface area contributed by atoms with Crippen LogP contribution in [0.5, 0.6) is 0 Å². The number of hydrogen-bond donors (Lipinski definition) is 0. The third kappa shape index (κ3) is 1.72. The summed E-state index contributed by atoms with van der Waals surface area (Å²) in [6, 6.07) is 0. The van der Waals surface area contributed by atoms with Gasteiger partial charge >= 0.3 is 6.18 Å². The van der Waals surface area contributed by atoms with E-state index in [0.717, 1.165) is 6.20 Å². The lowest BCUT2D eigenvalue weighted by Crippen LogP contribution is -2.09. The van der Waals surface area contributed by atoms with Gasteiger partial charge in [-0.3, -0.25) is 4.98 Å². The van der Waals surface area contributed by atoms with E-state index in [1.165, 1.54) is 0 Å². The molecule has 0 saturated heterocycles. The van der Waals surface area contributed by atoms with E-state index < -0.39 is 11.9 Å². The predicted octanol–water partition coefficient (Wildman–Crippen LogP) is 1.48. The molecule has 0 aromatic carbocycles. The Balaban J connectivity index is 3.13. The molecular formula is C7H3F3N2. The zero-order valence-electron chi connectivity index (χ0n) is 5.76. The summed E-state index contributed by atoms with van der Waals surface area (Å²) < 4.78 is 35.8. The Kier molecular flexibility index (Phi) is 2.00. The third-order valence-electron chi connectivity index (χ3n) is 1.07. The van der Waals surface area contributed by atoms with Crippen molar-refractivity contribution in [1.29, 1.82) is 0 Å². The van der Waals surface area contributed by atoms with E-state index in [2.05, 4.69) is 9.97 Å². The molecular weight excluding hydrogens is 169 g/mol. The molecule has 0 fully saturated rings. The van der Waals surface area contributed by atoms with Gasteiger partial charge in [0, 0.05) is 0 Å². The lowest BCUT2D eigenvalue weighted by Gasteiger charge is -2.03. The zero-order valence-corrected chi connectivity index (χ0v) is 5.76. The number of aromatic nitrogens is 2. The maximum Gasteiger partial charge on any atom is 0.434 e. The van der Waals surface area contributed by atoms with Gasteiger partial charge in [-0.25, -0.2) is 4.98 Å². The molecule has 0 aliphatic rings. The summed E-state index contributed by atoms with van der Waals surface area (Å²) in [5.41, 5.74) is -1.19. The first-order chi connectivity index (χ1) is 5.54. The van der Waals surface area contributed by atoms with Crippen molar-refractivity contribution in [2.75, 3.05) is 0 Å². The van der Waals surface area contributed by atoms with Crippen LogP contribution in [0, 0.1) is 12.3 Å². The first-order valence-electron chi connectivity index (χ1n) is 2.90. The first kappa shape index (κ1) is 8.53. The van der Waals surface area contributed by atoms with Crippen LogP contribution in [-0.2, 0) is 6.18 Å². The van der Waals surface area contributed by atoms with Gasteiger partial charge in [-0.1, -0.05) is 0 Å². The van der Waals surface area contributed by atoms with Gasteiger partial charge in [0.1, 0.15) is 5.69 Å². The van der Waals surface area contributed by atoms with Gasteiger partial charge in [0.15, 0.2) is 5.69 Å². The van der Waals surface area contributed by atoms with Crippen LogP contribution >= 0.6 is 0 Å². The van der Waals surface area contributed by atoms with Crippen molar-refractivity contribution in [3.8, 4) is 12.3 Å². The van der Waals surface area contributed by atoms with E-state index in [-0.39, 0.29) is 5.69 Å². The summed E-state index contributed by atoms with van der Waals surface area (Å²) in [5.74, 6) is 1.97. The van der Waals surface area contributed by atoms with Crippen molar-refractivity contribution >= 4 is 0 Å². The van der Waals surface area contributed by atoms with E-state index in [1.54, 1.807) is 0 Å². The second-order valence-corrected chi connectivity index (χ2v) is 1.93. The molecule has 5 heteroatoms. The van der Waals surface area contributed by atoms with E-state index in [1.807, 2.05) is 5.92 Å². The smallest absolute Gasteiger partial charge is 0.260 e. The fourth-order valence-electron chi connectivity index (χ4n) is 0.572. The Bertz CT molecular complexity index is 324. The van der Waals surface area contributed by atoms with Crippen LogP contribution < -0.4 is 0 Å². The van der Waals surface area contributed by atoms with Gasteiger partial charge < -0.3 is 0 Å². The molecule has 0 saturated carbocycles. The standard InChI is InChI=1S/C7H3F3N2/c1-2-5-3-11-4-6(12-5)7(8,9)10/h1,3-4H. The molecule has 0 atom stereocenters. The second kappa shape index (κ2) is 2.81. The molecule has 62 valence electrons. The molecule has 1 rings (SSSR count). The van der Waals surface area contributed by atoms with Crippen LogP contribution in [-0.4, -0.2) is 9.97 Å². The van der Waals surface area contributed by atoms with Crippen molar-refractivity contribution < 1.29 is 13.2 Å². The Morgan fingerprint density at radius 2 is 2.00 bits per heavy atom. The minimum Gasteiger partial charge on any atom is -0.260 e. The SMILES string of the molecule is C#Cc1cncc(C(F)(F)F)n1. The van der Waals surface area contributed by atoms with Crippen LogP contribution in [0.25, 0.3) is 0 Å². The molecule has 0 bridgehead atoms. The molecule has 0 amide bonds. The number of hydrogen-bond acceptors (Lipinski definition) is 2. The number of rotatable bonds is 0. The predicted molar refractivity (Wildman–Crippen MR) is 35.0 cm³/mol. The number of halogens is 3. The van der Waals surface area contributed by atoms with Gasteiger partial charge in [0.25, 0.3) is 0 Å². The highest BCUT2D eigenvalue weighted by molar-refractivity contribution is 5.22. The zero-order chi connectivity index (χ0) is 9.19. The van der Waals surface area contributed by atoms with E-state index in [0.29, 0.717) is 6.20 Å². The minimum absolute atomic E-state index is 0.121. The second-order valence-electron chi connectivity index (χ2n) is 1.93. The van der Waals surface area contributed by atoms with Crippen molar-refractivity contribution in [3.63, 3.8) is 0 Å². The van der Waals surface area contributed by atoms with Crippen molar-refractivity contribution in [3.05, 3.63) is 23.8 Å². The summed E-state index contributed by atoms with van der Waals surface area (Å²) in [6.07, 6.45) is 2.07. The summed E-state index contributed by atoms with van der Waals surface area (Å²) in [5, 5.41) is 0. The van der Waals surface area contributed by atoms with E-state index >= 15 is 0 Å². The monoisotopic (exact) mass is 172 g/mol. The molecule has 12 heavy (non-hydrogen) atoms. The van der Waals surface area contributed by atoms with Crippen molar-refractivity contribution in [2.24, 2.45) is 0 Å². The number of nitrogens with zero attached hydrogens (tertiary/aromatic N) is 2. The number of terminal acetylenes is 1. The maximum atomic E-state index is 11.9. The van der Waals surface area contributed by atoms with Crippen LogP contribution in [0.15, 0.2) is 12.4 Å². The minimum atomic E-state index is -4.49. The molecule has 1 aromatic heterocycles. The molecule has 1 aromatic rings. The van der Waals surface area contributed by atoms with Crippen LogP contribution in [0.3, 0.4) is 0 Å². The van der Waals surface area contributed by atoms with E-state index in [9.17, 15) is 13.2 Å². The van der Waals surface area contributed by atoms with Crippen LogP contribution in [0.2, 0.25) is 0 Å². The topological polar surface area (TPSA) is 25.8 Å². The summed E-state index contributed by atoms with van der Waals surface area (Å²) in [6.45, 7) is 0. The van der Waals surface area contributed by atoms with Crippen LogP contribution in [0.1, 0.15) is 11.4 Å². The fourth-order valence-corrected chi connectivity index (χ4v) is 0.572. The van der Waals surface area contributed by atoms with Gasteiger partial charge in [-0.15, -0.1) is 6.42 Å². The Morgan fingerprint density at radius 1 is 1.33 bits per heavy atom. The largest absolute Gasteiger partial charge is 0.434 e. The quantitative estimate of drug-likeness (QED) is 0.554. The lowest BCUT2D eigenvalue weighted by molar-refractivity contribution is -0.141. The van der Waals surface area contributed by atoms with E-state index in [4.69, 9.17) is 6.42 Å². The highest BCUT2D eigenvalue weighted by Gasteiger charge is 2.32. The van der Waals surface area contributed by atoms with Gasteiger partial charge in [0.2, 0.25) is 0 Å². The molecule has 1 heterocycles. The first-order valence-corrected chi connectivity index (χ1v) is 2.90. The molecule has 0 aliphatic heterocycles. The molecule has 0 N–H and O–H groups in total. The van der Waals surface area contributed by atoms with Crippen molar-refractivity contribution in [2.45, 2.75) is 6.18 Å². The Hall–Kier alpha value is -1.57. The Labute approximate surface area is 66.5 Å². The highest BCUT2D eigenvalue weighted by Crippen LogP contribution is 2.26. The highest BCUT2D eigenvalue weighted by atomic mass is 19.4. The molecule has 0 radical (unpaired) electrons. The average Bonchev–Trinajstić information content (AvgIpc) is 2.03. The third-order valence-corrected chi connectivity index (χ3v) is 1.07. The molecule has 2 nitrogen and oxygen atoms in total. The molecule has 0 aliphatic carbocycles. The summed E-state index contributed by atoms with van der Waals surface area (Å²) in [4.78, 5) is 6.44. The lowest BCUT2D eigenvalue weighted by atomic mass is 10.4. The van der Waals surface area contributed by atoms with Gasteiger partial charge in [-0.2, -0.15) is 13.2 Å². The molecule has 0 unspecified atom stereocenters. The Morgan fingerprint density at radius 3 is 2.50 bits per heavy atom. The molecule has 0 spiro atoms. The van der Waals surface area contributed by atoms with Crippen LogP contribution in [0.4, 0.5) is 13.2 Å². The fraction of sp³-hybridized carbons (Fsp3) is 0.143. The number of alkyl halides is 3. The normalized spacial score (nSPS) is 10.8. The van der Waals surface area contributed by atoms with Crippen molar-refractivity contribution in [1.82, 2.24) is 9.97 Å². The summed E-state index contributed by atoms with van der Waals surface area (Å²) in [7, 11) is 0. The van der Waals surface area contributed by atoms with Gasteiger partial charge in [0.05, 0.1) is 12.4 Å². The van der Waals surface area contributed by atoms with Gasteiger partial charge in [-0.05, 0) is 5.92 Å². The maximum absolute atomic E-state index is 11.9. The summed E-state index contributed by atoms with van der Waals surface area (Å²) >= 11 is 0. The average molecular weight is 172 g/mol.